The van der Waals surface area contributed by atoms with Crippen LogP contribution in [-0.4, -0.2) is 102 Å². The zero-order chi connectivity index (χ0) is 30.0. The first kappa shape index (κ1) is 32.4. The number of hydrogen-bond acceptors (Lipinski definition) is 10. The van der Waals surface area contributed by atoms with Gasteiger partial charge in [-0.3, -0.25) is 19.7 Å². The number of imide groups is 1. The molecule has 1 aromatic rings. The normalized spacial score (nSPS) is 17.4. The molecule has 0 aromatic heterocycles. The molecular formula is C26H38N4O10S. The molecule has 0 bridgehead atoms. The van der Waals surface area contributed by atoms with Gasteiger partial charge in [-0.2, -0.15) is 0 Å². The van der Waals surface area contributed by atoms with Crippen LogP contribution in [-0.2, 0) is 45.1 Å². The predicted octanol–water partition coefficient (Wildman–Crippen LogP) is 0.300. The van der Waals surface area contributed by atoms with Gasteiger partial charge in [-0.1, -0.05) is 6.07 Å². The molecule has 1 atom stereocenters. The van der Waals surface area contributed by atoms with Crippen LogP contribution in [0.15, 0.2) is 23.1 Å². The average molecular weight is 599 g/mol. The van der Waals surface area contributed by atoms with Gasteiger partial charge >= 0.3 is 6.09 Å². The van der Waals surface area contributed by atoms with Gasteiger partial charge in [0.05, 0.1) is 44.5 Å². The molecule has 2 aliphatic rings. The van der Waals surface area contributed by atoms with E-state index in [4.69, 9.17) is 18.9 Å². The monoisotopic (exact) mass is 598 g/mol. The quantitative estimate of drug-likeness (QED) is 0.188. The summed E-state index contributed by atoms with van der Waals surface area (Å²) in [6.45, 7) is 7.23. The Morgan fingerprint density at radius 1 is 1.00 bits per heavy atom. The molecule has 2 aliphatic heterocycles. The summed E-state index contributed by atoms with van der Waals surface area (Å²) < 4.78 is 49.7. The number of amides is 4. The molecule has 15 heteroatoms. The van der Waals surface area contributed by atoms with Crippen LogP contribution < -0.4 is 15.4 Å². The summed E-state index contributed by atoms with van der Waals surface area (Å²) in [5.41, 5.74) is -0.0285. The highest BCUT2D eigenvalue weighted by atomic mass is 32.2. The molecular weight excluding hydrogens is 560 g/mol. The van der Waals surface area contributed by atoms with E-state index in [1.54, 1.807) is 20.8 Å². The maximum Gasteiger partial charge on any atom is 0.407 e. The summed E-state index contributed by atoms with van der Waals surface area (Å²) in [5.74, 6) is -1.41. The molecule has 0 radical (unpaired) electrons. The highest BCUT2D eigenvalue weighted by Crippen LogP contribution is 2.31. The number of alkyl carbamates (subject to hydrolysis) is 1. The number of nitrogens with one attached hydrogen (secondary N) is 3. The molecule has 228 valence electrons. The maximum absolute atomic E-state index is 13.0. The minimum atomic E-state index is -3.96. The molecule has 41 heavy (non-hydrogen) atoms. The highest BCUT2D eigenvalue weighted by molar-refractivity contribution is 7.89. The van der Waals surface area contributed by atoms with Crippen LogP contribution in [0.3, 0.4) is 0 Å². The van der Waals surface area contributed by atoms with E-state index in [0.717, 1.165) is 0 Å². The van der Waals surface area contributed by atoms with Crippen molar-refractivity contribution in [1.29, 1.82) is 0 Å². The fraction of sp³-hybridized carbons (Fsp3) is 0.615. The average Bonchev–Trinajstić information content (AvgIpc) is 3.21. The largest absolute Gasteiger partial charge is 0.444 e. The first-order valence-corrected chi connectivity index (χ1v) is 14.8. The molecule has 1 unspecified atom stereocenters. The number of hydrogen-bond donors (Lipinski definition) is 3. The van der Waals surface area contributed by atoms with Crippen LogP contribution >= 0.6 is 0 Å². The van der Waals surface area contributed by atoms with Crippen LogP contribution in [0.1, 0.15) is 49.5 Å². The molecule has 0 spiro atoms. The van der Waals surface area contributed by atoms with Crippen molar-refractivity contribution in [1.82, 2.24) is 20.3 Å². The summed E-state index contributed by atoms with van der Waals surface area (Å²) >= 11 is 0. The summed E-state index contributed by atoms with van der Waals surface area (Å²) in [5, 5.41) is 4.81. The summed E-state index contributed by atoms with van der Waals surface area (Å²) in [6.07, 6.45) is -0.209. The van der Waals surface area contributed by atoms with E-state index in [1.807, 2.05) is 0 Å². The van der Waals surface area contributed by atoms with Crippen molar-refractivity contribution < 1.29 is 46.5 Å². The summed E-state index contributed by atoms with van der Waals surface area (Å²) in [6, 6.07) is 3.58. The molecule has 3 rings (SSSR count). The topological polar surface area (TPSA) is 179 Å². The lowest BCUT2D eigenvalue weighted by Crippen LogP contribution is -2.52. The number of benzene rings is 1. The van der Waals surface area contributed by atoms with Crippen molar-refractivity contribution >= 4 is 33.8 Å². The molecule has 1 aromatic carbocycles. The second-order valence-corrected chi connectivity index (χ2v) is 12.1. The highest BCUT2D eigenvalue weighted by Gasteiger charge is 2.41. The standard InChI is InChI=1S/C26H38N4O10S/c1-26(2,3)40-25(34)27-9-11-37-13-15-39-16-14-38-12-10-28-41(35,36)21-6-4-5-18-19(21)17-30(24(18)33)20-7-8-22(31)29-23(20)32/h4-6,20,28H,7-17H2,1-3H3,(H,27,34)(H,29,31,32). The molecule has 0 aliphatic carbocycles. The second kappa shape index (κ2) is 14.7. The lowest BCUT2D eigenvalue weighted by Gasteiger charge is -2.29. The van der Waals surface area contributed by atoms with Gasteiger partial charge in [0.15, 0.2) is 0 Å². The van der Waals surface area contributed by atoms with Crippen LogP contribution in [0.25, 0.3) is 0 Å². The number of fused-ring (bicyclic) bond motifs is 1. The fourth-order valence-corrected chi connectivity index (χ4v) is 5.48. The van der Waals surface area contributed by atoms with Crippen molar-refractivity contribution in [2.45, 2.75) is 56.7 Å². The smallest absolute Gasteiger partial charge is 0.407 e. The number of carbonyl (C=O) groups is 4. The van der Waals surface area contributed by atoms with Crippen molar-refractivity contribution in [2.24, 2.45) is 0 Å². The number of rotatable bonds is 15. The molecule has 14 nitrogen and oxygen atoms in total. The Labute approximate surface area is 239 Å². The number of ether oxygens (including phenoxy) is 4. The number of sulfonamides is 1. The van der Waals surface area contributed by atoms with E-state index in [1.165, 1.54) is 23.1 Å². The third-order valence-corrected chi connectivity index (χ3v) is 7.57. The first-order chi connectivity index (χ1) is 19.4. The maximum atomic E-state index is 13.0. The Balaban J connectivity index is 1.31. The lowest BCUT2D eigenvalue weighted by atomic mass is 10.0. The zero-order valence-electron chi connectivity index (χ0n) is 23.5. The molecule has 3 N–H and O–H groups in total. The second-order valence-electron chi connectivity index (χ2n) is 10.3. The summed E-state index contributed by atoms with van der Waals surface area (Å²) in [7, 11) is -3.96. The molecule has 0 saturated carbocycles. The van der Waals surface area contributed by atoms with Gasteiger partial charge in [0.2, 0.25) is 21.8 Å². The Morgan fingerprint density at radius 2 is 1.63 bits per heavy atom. The van der Waals surface area contributed by atoms with Crippen LogP contribution in [0.2, 0.25) is 0 Å². The number of piperidine rings is 1. The Hall–Kier alpha value is -3.11. The molecule has 1 saturated heterocycles. The van der Waals surface area contributed by atoms with Gasteiger partial charge in [0, 0.05) is 37.2 Å². The molecule has 1 fully saturated rings. The number of nitrogens with zero attached hydrogens (tertiary/aromatic N) is 1. The van der Waals surface area contributed by atoms with Gasteiger partial charge in [-0.15, -0.1) is 0 Å². The van der Waals surface area contributed by atoms with Gasteiger partial charge in [0.25, 0.3) is 5.91 Å². The van der Waals surface area contributed by atoms with E-state index < -0.39 is 45.5 Å². The van der Waals surface area contributed by atoms with Gasteiger partial charge < -0.3 is 29.2 Å². The predicted molar refractivity (Wildman–Crippen MR) is 144 cm³/mol. The van der Waals surface area contributed by atoms with E-state index in [9.17, 15) is 27.6 Å². The van der Waals surface area contributed by atoms with E-state index in [2.05, 4.69) is 15.4 Å². The SMILES string of the molecule is CC(C)(C)OC(=O)NCCOCCOCCOCCNS(=O)(=O)c1cccc2c1CN(C1CCC(=O)NC1=O)C2=O. The van der Waals surface area contributed by atoms with Crippen molar-refractivity contribution in [3.8, 4) is 0 Å². The van der Waals surface area contributed by atoms with Crippen molar-refractivity contribution in [3.05, 3.63) is 29.3 Å². The molecule has 4 amide bonds. The van der Waals surface area contributed by atoms with E-state index in [-0.39, 0.29) is 56.2 Å². The van der Waals surface area contributed by atoms with Gasteiger partial charge in [-0.25, -0.2) is 17.9 Å². The minimum absolute atomic E-state index is 0.00453. The van der Waals surface area contributed by atoms with Crippen LogP contribution in [0.5, 0.6) is 0 Å². The van der Waals surface area contributed by atoms with Crippen LogP contribution in [0, 0.1) is 0 Å². The Morgan fingerprint density at radius 3 is 2.27 bits per heavy atom. The van der Waals surface area contributed by atoms with Crippen molar-refractivity contribution in [3.63, 3.8) is 0 Å². The zero-order valence-corrected chi connectivity index (χ0v) is 24.3. The van der Waals surface area contributed by atoms with E-state index in [0.29, 0.717) is 31.9 Å². The number of carbonyl (C=O) groups excluding carboxylic acids is 4. The fourth-order valence-electron chi connectivity index (χ4n) is 4.22. The van der Waals surface area contributed by atoms with Crippen LogP contribution in [0.4, 0.5) is 4.79 Å². The van der Waals surface area contributed by atoms with E-state index >= 15 is 0 Å². The lowest BCUT2D eigenvalue weighted by molar-refractivity contribution is -0.136. The third-order valence-electron chi connectivity index (χ3n) is 6.03. The molecule has 2 heterocycles. The minimum Gasteiger partial charge on any atom is -0.444 e. The Bertz CT molecular complexity index is 1220. The van der Waals surface area contributed by atoms with Gasteiger partial charge in [0.1, 0.15) is 11.6 Å². The van der Waals surface area contributed by atoms with Gasteiger partial charge in [-0.05, 0) is 39.3 Å². The third kappa shape index (κ3) is 9.74. The van der Waals surface area contributed by atoms with Crippen molar-refractivity contribution in [2.75, 3.05) is 52.7 Å². The summed E-state index contributed by atoms with van der Waals surface area (Å²) in [4.78, 5) is 49.4. The first-order valence-electron chi connectivity index (χ1n) is 13.4. The Kier molecular flexibility index (Phi) is 11.6.